The van der Waals surface area contributed by atoms with Crippen molar-refractivity contribution in [3.63, 3.8) is 0 Å². The topological polar surface area (TPSA) is 58.2 Å². The highest BCUT2D eigenvalue weighted by atomic mass is 35.5. The van der Waals surface area contributed by atoms with Crippen molar-refractivity contribution >= 4 is 21.6 Å². The van der Waals surface area contributed by atoms with Crippen molar-refractivity contribution < 1.29 is 8.42 Å². The summed E-state index contributed by atoms with van der Waals surface area (Å²) in [6.45, 7) is 3.15. The molecule has 0 unspecified atom stereocenters. The van der Waals surface area contributed by atoms with Gasteiger partial charge in [0.1, 0.15) is 0 Å². The maximum absolute atomic E-state index is 12.2. The van der Waals surface area contributed by atoms with E-state index >= 15 is 0 Å². The average molecular weight is 319 g/mol. The van der Waals surface area contributed by atoms with E-state index in [-0.39, 0.29) is 4.90 Å². The van der Waals surface area contributed by atoms with Crippen LogP contribution in [0.1, 0.15) is 38.2 Å². The maximum Gasteiger partial charge on any atom is 0.240 e. The second-order valence-corrected chi connectivity index (χ2v) is 6.92. The summed E-state index contributed by atoms with van der Waals surface area (Å²) in [6, 6.07) is 4.78. The maximum atomic E-state index is 12.2. The molecule has 0 bridgehead atoms. The summed E-state index contributed by atoms with van der Waals surface area (Å²) in [7, 11) is -1.65. The summed E-state index contributed by atoms with van der Waals surface area (Å²) in [6.07, 6.45) is 4.18. The molecule has 1 rings (SSSR count). The number of hydrogen-bond acceptors (Lipinski definition) is 3. The van der Waals surface area contributed by atoms with Crippen LogP contribution in [0, 0.1) is 0 Å². The lowest BCUT2D eigenvalue weighted by Crippen LogP contribution is -2.25. The Balaban J connectivity index is 2.69. The summed E-state index contributed by atoms with van der Waals surface area (Å²) < 4.78 is 26.9. The molecule has 0 amide bonds. The molecular formula is C14H23ClN2O2S. The number of hydrogen-bond donors (Lipinski definition) is 2. The highest BCUT2D eigenvalue weighted by Crippen LogP contribution is 2.20. The zero-order valence-electron chi connectivity index (χ0n) is 12.1. The first-order chi connectivity index (χ1) is 9.51. The molecule has 0 saturated carbocycles. The van der Waals surface area contributed by atoms with Crippen LogP contribution in [0.2, 0.25) is 5.02 Å². The second kappa shape index (κ2) is 8.62. The van der Waals surface area contributed by atoms with Gasteiger partial charge in [0.15, 0.2) is 0 Å². The molecule has 114 valence electrons. The summed E-state index contributed by atoms with van der Waals surface area (Å²) >= 11 is 6.03. The molecule has 0 heterocycles. The monoisotopic (exact) mass is 318 g/mol. The van der Waals surface area contributed by atoms with Gasteiger partial charge in [-0.2, -0.15) is 0 Å². The smallest absolute Gasteiger partial charge is 0.240 e. The van der Waals surface area contributed by atoms with Crippen molar-refractivity contribution in [3.05, 3.63) is 28.8 Å². The molecule has 0 aliphatic rings. The van der Waals surface area contributed by atoms with E-state index in [9.17, 15) is 8.42 Å². The van der Waals surface area contributed by atoms with E-state index in [2.05, 4.69) is 17.0 Å². The molecule has 0 saturated heterocycles. The van der Waals surface area contributed by atoms with Gasteiger partial charge in [-0.1, -0.05) is 37.8 Å². The molecule has 0 radical (unpaired) electrons. The molecule has 0 spiro atoms. The van der Waals surface area contributed by atoms with E-state index in [1.54, 1.807) is 19.2 Å². The third-order valence-corrected chi connectivity index (χ3v) is 4.84. The first-order valence-corrected chi connectivity index (χ1v) is 8.80. The average Bonchev–Trinajstić information content (AvgIpc) is 2.41. The van der Waals surface area contributed by atoms with Crippen LogP contribution in [0.5, 0.6) is 0 Å². The minimum absolute atomic E-state index is 0.266. The van der Waals surface area contributed by atoms with Gasteiger partial charge in [-0.3, -0.25) is 0 Å². The molecule has 0 aromatic heterocycles. The zero-order valence-corrected chi connectivity index (χ0v) is 13.6. The van der Waals surface area contributed by atoms with E-state index in [0.29, 0.717) is 18.1 Å². The zero-order chi connectivity index (χ0) is 15.0. The molecule has 0 atom stereocenters. The fraction of sp³-hybridized carbons (Fsp3) is 0.571. The first-order valence-electron chi connectivity index (χ1n) is 6.94. The molecule has 0 aliphatic carbocycles. The Morgan fingerprint density at radius 2 is 1.95 bits per heavy atom. The van der Waals surface area contributed by atoms with Crippen molar-refractivity contribution in [3.8, 4) is 0 Å². The summed E-state index contributed by atoms with van der Waals surface area (Å²) in [4.78, 5) is 0.266. The summed E-state index contributed by atoms with van der Waals surface area (Å²) in [5, 5.41) is 3.54. The standard InChI is InChI=1S/C14H23ClN2O2S/c1-3-4-5-6-9-17-20(18,19)13-7-8-14(15)12(10-13)11-16-2/h7-8,10,16-17H,3-6,9,11H2,1-2H3. The van der Waals surface area contributed by atoms with E-state index in [1.807, 2.05) is 0 Å². The van der Waals surface area contributed by atoms with Gasteiger partial charge < -0.3 is 5.32 Å². The van der Waals surface area contributed by atoms with Crippen LogP contribution in [-0.4, -0.2) is 22.0 Å². The predicted molar refractivity (Wildman–Crippen MR) is 83.5 cm³/mol. The third kappa shape index (κ3) is 5.40. The van der Waals surface area contributed by atoms with Crippen LogP contribution in [0.4, 0.5) is 0 Å². The van der Waals surface area contributed by atoms with Crippen LogP contribution in [0.3, 0.4) is 0 Å². The Labute approximate surface area is 127 Å². The lowest BCUT2D eigenvalue weighted by Gasteiger charge is -2.09. The third-order valence-electron chi connectivity index (χ3n) is 3.02. The molecule has 0 aliphatic heterocycles. The Bertz CT molecular complexity index is 518. The Morgan fingerprint density at radius 3 is 2.60 bits per heavy atom. The molecule has 1 aromatic rings. The Morgan fingerprint density at radius 1 is 1.20 bits per heavy atom. The van der Waals surface area contributed by atoms with Crippen LogP contribution >= 0.6 is 11.6 Å². The van der Waals surface area contributed by atoms with Gasteiger partial charge in [0, 0.05) is 18.1 Å². The molecule has 1 aromatic carbocycles. The van der Waals surface area contributed by atoms with E-state index < -0.39 is 10.0 Å². The SMILES string of the molecule is CCCCCCNS(=O)(=O)c1ccc(Cl)c(CNC)c1. The Kier molecular flexibility index (Phi) is 7.51. The van der Waals surface area contributed by atoms with E-state index in [0.717, 1.165) is 31.2 Å². The number of halogens is 1. The summed E-state index contributed by atoms with van der Waals surface area (Å²) in [5.41, 5.74) is 0.781. The van der Waals surface area contributed by atoms with Gasteiger partial charge in [-0.25, -0.2) is 13.1 Å². The second-order valence-electron chi connectivity index (χ2n) is 4.74. The number of unbranched alkanes of at least 4 members (excludes halogenated alkanes) is 3. The fourth-order valence-corrected chi connectivity index (χ4v) is 3.19. The van der Waals surface area contributed by atoms with Crippen molar-refractivity contribution in [2.24, 2.45) is 0 Å². The van der Waals surface area contributed by atoms with Crippen LogP contribution in [0.25, 0.3) is 0 Å². The summed E-state index contributed by atoms with van der Waals surface area (Å²) in [5.74, 6) is 0. The van der Waals surface area contributed by atoms with Gasteiger partial charge in [0.25, 0.3) is 0 Å². The fourth-order valence-electron chi connectivity index (χ4n) is 1.89. The molecule has 4 nitrogen and oxygen atoms in total. The minimum atomic E-state index is -3.44. The minimum Gasteiger partial charge on any atom is -0.316 e. The number of benzene rings is 1. The largest absolute Gasteiger partial charge is 0.316 e. The Hall–Kier alpha value is -0.620. The van der Waals surface area contributed by atoms with Gasteiger partial charge in [-0.15, -0.1) is 0 Å². The van der Waals surface area contributed by atoms with Gasteiger partial charge >= 0.3 is 0 Å². The lowest BCUT2D eigenvalue weighted by atomic mass is 10.2. The molecule has 0 fully saturated rings. The first kappa shape index (κ1) is 17.4. The van der Waals surface area contributed by atoms with Gasteiger partial charge in [0.05, 0.1) is 4.90 Å². The van der Waals surface area contributed by atoms with Crippen LogP contribution in [0.15, 0.2) is 23.1 Å². The van der Waals surface area contributed by atoms with Crippen molar-refractivity contribution in [2.45, 2.75) is 44.0 Å². The molecule has 6 heteroatoms. The van der Waals surface area contributed by atoms with Gasteiger partial charge in [-0.05, 0) is 37.2 Å². The number of rotatable bonds is 9. The molecular weight excluding hydrogens is 296 g/mol. The molecule has 2 N–H and O–H groups in total. The number of sulfonamides is 1. The quantitative estimate of drug-likeness (QED) is 0.688. The predicted octanol–water partition coefficient (Wildman–Crippen LogP) is 2.92. The normalized spacial score (nSPS) is 11.8. The van der Waals surface area contributed by atoms with Crippen molar-refractivity contribution in [1.82, 2.24) is 10.0 Å². The van der Waals surface area contributed by atoms with Gasteiger partial charge in [0.2, 0.25) is 10.0 Å². The van der Waals surface area contributed by atoms with E-state index in [4.69, 9.17) is 11.6 Å². The highest BCUT2D eigenvalue weighted by molar-refractivity contribution is 7.89. The highest BCUT2D eigenvalue weighted by Gasteiger charge is 2.14. The van der Waals surface area contributed by atoms with Crippen molar-refractivity contribution in [1.29, 1.82) is 0 Å². The number of nitrogens with one attached hydrogen (secondary N) is 2. The van der Waals surface area contributed by atoms with Crippen LogP contribution in [-0.2, 0) is 16.6 Å². The molecule has 20 heavy (non-hydrogen) atoms. The lowest BCUT2D eigenvalue weighted by molar-refractivity contribution is 0.573. The van der Waals surface area contributed by atoms with Crippen molar-refractivity contribution in [2.75, 3.05) is 13.6 Å². The van der Waals surface area contributed by atoms with Crippen LogP contribution < -0.4 is 10.0 Å². The van der Waals surface area contributed by atoms with E-state index in [1.165, 1.54) is 6.07 Å².